The highest BCUT2D eigenvalue weighted by molar-refractivity contribution is 7.92. The molecule has 0 aliphatic carbocycles. The van der Waals surface area contributed by atoms with Crippen molar-refractivity contribution in [2.75, 3.05) is 4.72 Å². The van der Waals surface area contributed by atoms with Gasteiger partial charge in [-0.2, -0.15) is 0 Å². The number of sulfonamides is 1. The lowest BCUT2D eigenvalue weighted by Crippen LogP contribution is -2.28. The van der Waals surface area contributed by atoms with Gasteiger partial charge < -0.3 is 5.32 Å². The van der Waals surface area contributed by atoms with Gasteiger partial charge in [0.1, 0.15) is 0 Å². The molecule has 5 nitrogen and oxygen atoms in total. The summed E-state index contributed by atoms with van der Waals surface area (Å²) in [6.07, 6.45) is 0. The van der Waals surface area contributed by atoms with Crippen molar-refractivity contribution >= 4 is 32.4 Å². The average molecular weight is 431 g/mol. The van der Waals surface area contributed by atoms with E-state index in [-0.39, 0.29) is 28.1 Å². The first kappa shape index (κ1) is 20.6. The van der Waals surface area contributed by atoms with Crippen LogP contribution in [0.5, 0.6) is 0 Å². The van der Waals surface area contributed by atoms with Crippen LogP contribution in [0.4, 0.5) is 5.69 Å². The number of carbonyl (C=O) groups excluding carboxylic acids is 1. The Kier molecular flexibility index (Phi) is 5.73. The van der Waals surface area contributed by atoms with Crippen molar-refractivity contribution in [3.05, 3.63) is 108 Å². The maximum atomic E-state index is 13.0. The summed E-state index contributed by atoms with van der Waals surface area (Å²) in [6.45, 7) is 1.88. The molecule has 4 rings (SSSR count). The molecule has 4 aromatic rings. The number of anilines is 1. The maximum absolute atomic E-state index is 13.0. The van der Waals surface area contributed by atoms with Gasteiger partial charge >= 0.3 is 0 Å². The fourth-order valence-electron chi connectivity index (χ4n) is 3.41. The Balaban J connectivity index is 1.59. The van der Waals surface area contributed by atoms with Crippen LogP contribution in [0.25, 0.3) is 10.8 Å². The highest BCUT2D eigenvalue weighted by Crippen LogP contribution is 2.24. The third-order valence-electron chi connectivity index (χ3n) is 5.09. The zero-order chi connectivity index (χ0) is 21.8. The Morgan fingerprint density at radius 1 is 0.774 bits per heavy atom. The smallest absolute Gasteiger partial charge is 0.261 e. The molecule has 0 bridgehead atoms. The molecule has 1 amide bonds. The van der Waals surface area contributed by atoms with Crippen molar-refractivity contribution in [1.82, 2.24) is 5.32 Å². The van der Waals surface area contributed by atoms with Crippen molar-refractivity contribution in [2.24, 2.45) is 0 Å². The fourth-order valence-corrected chi connectivity index (χ4v) is 4.52. The molecule has 6 heteroatoms. The number of amides is 1. The molecular formula is C25H22N2O3S. The predicted molar refractivity (Wildman–Crippen MR) is 124 cm³/mol. The second kappa shape index (κ2) is 8.62. The Hall–Kier alpha value is -3.64. The molecule has 0 heterocycles. The van der Waals surface area contributed by atoms with Crippen LogP contribution in [-0.4, -0.2) is 14.3 Å². The number of para-hydroxylation sites is 1. The molecule has 0 aliphatic rings. The highest BCUT2D eigenvalue weighted by Gasteiger charge is 2.20. The van der Waals surface area contributed by atoms with Gasteiger partial charge in [0.25, 0.3) is 15.9 Å². The summed E-state index contributed by atoms with van der Waals surface area (Å²) in [5, 5.41) is 4.71. The zero-order valence-corrected chi connectivity index (χ0v) is 17.8. The molecule has 31 heavy (non-hydrogen) atoms. The minimum absolute atomic E-state index is 0.138. The van der Waals surface area contributed by atoms with Crippen LogP contribution in [0.1, 0.15) is 28.9 Å². The van der Waals surface area contributed by atoms with Crippen molar-refractivity contribution in [2.45, 2.75) is 17.9 Å². The van der Waals surface area contributed by atoms with Crippen molar-refractivity contribution in [1.29, 1.82) is 0 Å². The molecule has 1 unspecified atom stereocenters. The Bertz CT molecular complexity index is 1340. The molecule has 2 N–H and O–H groups in total. The van der Waals surface area contributed by atoms with Crippen LogP contribution in [0.15, 0.2) is 102 Å². The lowest BCUT2D eigenvalue weighted by molar-refractivity contribution is 0.0941. The molecule has 0 saturated carbocycles. The number of rotatable bonds is 6. The van der Waals surface area contributed by atoms with E-state index in [1.54, 1.807) is 42.5 Å². The van der Waals surface area contributed by atoms with Crippen molar-refractivity contribution < 1.29 is 13.2 Å². The minimum atomic E-state index is -3.87. The monoisotopic (exact) mass is 430 g/mol. The number of hydrogen-bond donors (Lipinski definition) is 2. The van der Waals surface area contributed by atoms with Crippen LogP contribution in [-0.2, 0) is 10.0 Å². The molecule has 0 radical (unpaired) electrons. The normalized spacial score (nSPS) is 12.3. The number of nitrogens with one attached hydrogen (secondary N) is 2. The third kappa shape index (κ3) is 4.59. The van der Waals surface area contributed by atoms with Gasteiger partial charge in [-0.3, -0.25) is 9.52 Å². The Labute approximate surface area is 181 Å². The van der Waals surface area contributed by atoms with E-state index in [0.717, 1.165) is 16.3 Å². The van der Waals surface area contributed by atoms with Gasteiger partial charge in [0.15, 0.2) is 0 Å². The van der Waals surface area contributed by atoms with Gasteiger partial charge in [-0.05, 0) is 47.5 Å². The molecule has 0 spiro atoms. The minimum Gasteiger partial charge on any atom is -0.345 e. The van der Waals surface area contributed by atoms with Crippen LogP contribution in [0, 0.1) is 0 Å². The predicted octanol–water partition coefficient (Wildman–Crippen LogP) is 5.13. The molecule has 0 saturated heterocycles. The summed E-state index contributed by atoms with van der Waals surface area (Å²) in [5.74, 6) is -0.354. The average Bonchev–Trinajstić information content (AvgIpc) is 2.79. The van der Waals surface area contributed by atoms with E-state index < -0.39 is 10.0 Å². The Morgan fingerprint density at radius 3 is 2.19 bits per heavy atom. The van der Waals surface area contributed by atoms with Crippen LogP contribution in [0.2, 0.25) is 0 Å². The zero-order valence-electron chi connectivity index (χ0n) is 16.9. The summed E-state index contributed by atoms with van der Waals surface area (Å²) in [6, 6.07) is 28.4. The fraction of sp³-hybridized carbons (Fsp3) is 0.0800. The largest absolute Gasteiger partial charge is 0.345 e. The van der Waals surface area contributed by atoms with Gasteiger partial charge in [0.05, 0.1) is 22.2 Å². The number of benzene rings is 4. The van der Waals surface area contributed by atoms with E-state index >= 15 is 0 Å². The van der Waals surface area contributed by atoms with E-state index in [1.807, 2.05) is 61.5 Å². The molecule has 156 valence electrons. The van der Waals surface area contributed by atoms with Crippen LogP contribution in [0.3, 0.4) is 0 Å². The first-order valence-electron chi connectivity index (χ1n) is 9.90. The van der Waals surface area contributed by atoms with Crippen molar-refractivity contribution in [3.8, 4) is 0 Å². The van der Waals surface area contributed by atoms with Gasteiger partial charge in [-0.25, -0.2) is 8.42 Å². The lowest BCUT2D eigenvalue weighted by atomic mass is 10.1. The highest BCUT2D eigenvalue weighted by atomic mass is 32.2. The van der Waals surface area contributed by atoms with Gasteiger partial charge in [0.2, 0.25) is 0 Å². The van der Waals surface area contributed by atoms with Gasteiger partial charge in [0, 0.05) is 0 Å². The molecule has 0 aliphatic heterocycles. The third-order valence-corrected chi connectivity index (χ3v) is 6.46. The first-order chi connectivity index (χ1) is 14.9. The van der Waals surface area contributed by atoms with E-state index in [4.69, 9.17) is 0 Å². The van der Waals surface area contributed by atoms with Crippen molar-refractivity contribution in [3.63, 3.8) is 0 Å². The quantitative estimate of drug-likeness (QED) is 0.445. The second-order valence-corrected chi connectivity index (χ2v) is 8.95. The van der Waals surface area contributed by atoms with Gasteiger partial charge in [-0.1, -0.05) is 72.8 Å². The number of fused-ring (bicyclic) bond motifs is 1. The summed E-state index contributed by atoms with van der Waals surface area (Å²) in [4.78, 5) is 13.0. The van der Waals surface area contributed by atoms with E-state index in [0.29, 0.717) is 0 Å². The maximum Gasteiger partial charge on any atom is 0.261 e. The molecule has 0 fully saturated rings. The summed E-state index contributed by atoms with van der Waals surface area (Å²) in [7, 11) is -3.87. The first-order valence-corrected chi connectivity index (χ1v) is 11.4. The standard InChI is InChI=1S/C25H22N2O3S/c1-18(19-9-3-2-4-10-19)26-25(28)23-13-7-8-14-24(23)27-31(29,30)22-16-15-20-11-5-6-12-21(20)17-22/h2-18,27H,1H3,(H,26,28). The summed E-state index contributed by atoms with van der Waals surface area (Å²) in [5.41, 5.74) is 1.45. The van der Waals surface area contributed by atoms with Crippen LogP contribution < -0.4 is 10.0 Å². The SMILES string of the molecule is CC(NC(=O)c1ccccc1NS(=O)(=O)c1ccc2ccccc2c1)c1ccccc1. The summed E-state index contributed by atoms with van der Waals surface area (Å²) >= 11 is 0. The van der Waals surface area contributed by atoms with Crippen LogP contribution >= 0.6 is 0 Å². The Morgan fingerprint density at radius 2 is 1.42 bits per heavy atom. The molecule has 4 aromatic carbocycles. The second-order valence-electron chi connectivity index (χ2n) is 7.27. The topological polar surface area (TPSA) is 75.3 Å². The van der Waals surface area contributed by atoms with E-state index in [9.17, 15) is 13.2 Å². The number of hydrogen-bond acceptors (Lipinski definition) is 3. The molecule has 0 aromatic heterocycles. The summed E-state index contributed by atoms with van der Waals surface area (Å²) < 4.78 is 28.6. The molecule has 1 atom stereocenters. The van der Waals surface area contributed by atoms with E-state index in [2.05, 4.69) is 10.0 Å². The van der Waals surface area contributed by atoms with E-state index in [1.165, 1.54) is 0 Å². The molecular weight excluding hydrogens is 408 g/mol. The lowest BCUT2D eigenvalue weighted by Gasteiger charge is -2.17. The number of carbonyl (C=O) groups is 1. The van der Waals surface area contributed by atoms with Gasteiger partial charge in [-0.15, -0.1) is 0 Å².